The Morgan fingerprint density at radius 1 is 0.943 bits per heavy atom. The number of hydrogen-bond donors (Lipinski definition) is 1. The van der Waals surface area contributed by atoms with E-state index in [1.807, 2.05) is 30.3 Å². The zero-order valence-corrected chi connectivity index (χ0v) is 21.0. The van der Waals surface area contributed by atoms with E-state index < -0.39 is 0 Å². The van der Waals surface area contributed by atoms with Crippen molar-refractivity contribution in [2.75, 3.05) is 0 Å². The van der Waals surface area contributed by atoms with Crippen LogP contribution >= 0.6 is 12.2 Å². The summed E-state index contributed by atoms with van der Waals surface area (Å²) in [5.74, 6) is 1.07. The van der Waals surface area contributed by atoms with Gasteiger partial charge in [0, 0.05) is 17.8 Å². The van der Waals surface area contributed by atoms with Crippen LogP contribution in [0.5, 0.6) is 0 Å². The minimum atomic E-state index is -0.187. The van der Waals surface area contributed by atoms with Crippen molar-refractivity contribution in [3.05, 3.63) is 113 Å². The number of rotatable bonds is 6. The summed E-state index contributed by atoms with van der Waals surface area (Å²) < 4.78 is 5.86. The largest absolute Gasteiger partial charge is 0.351 e. The Kier molecular flexibility index (Phi) is 6.47. The van der Waals surface area contributed by atoms with Gasteiger partial charge in [0.1, 0.15) is 0 Å². The molecule has 1 aliphatic heterocycles. The first kappa shape index (κ1) is 23.0. The Balaban J connectivity index is 1.57. The van der Waals surface area contributed by atoms with Crippen molar-refractivity contribution >= 4 is 22.9 Å². The Morgan fingerprint density at radius 3 is 2.43 bits per heavy atom. The second kappa shape index (κ2) is 9.84. The molecule has 2 heterocycles. The van der Waals surface area contributed by atoms with Crippen molar-refractivity contribution in [3.8, 4) is 11.4 Å². The van der Waals surface area contributed by atoms with Crippen LogP contribution in [0.4, 0.5) is 0 Å². The highest BCUT2D eigenvalue weighted by Gasteiger charge is 2.34. The highest BCUT2D eigenvalue weighted by Crippen LogP contribution is 2.38. The standard InChI is InChI=1S/C29H28N4OS/c1-4-21-13-15-24(16-14-21)27-31-28(34-32-27)25-20(3)33(18-22-10-8-9-19(2)17-22)29(35)30-26(25)23-11-6-5-7-12-23/h5-17,26H,4,18H2,1-3H3,(H,30,35). The van der Waals surface area contributed by atoms with Gasteiger partial charge in [-0.3, -0.25) is 0 Å². The molecule has 1 N–H and O–H groups in total. The number of benzene rings is 3. The molecule has 1 unspecified atom stereocenters. The second-order valence-corrected chi connectivity index (χ2v) is 9.23. The lowest BCUT2D eigenvalue weighted by atomic mass is 9.94. The van der Waals surface area contributed by atoms with Crippen LogP contribution in [0.25, 0.3) is 17.0 Å². The molecule has 0 spiro atoms. The molecule has 6 heteroatoms. The summed E-state index contributed by atoms with van der Waals surface area (Å²) in [6.45, 7) is 6.98. The molecule has 0 saturated carbocycles. The van der Waals surface area contributed by atoms with Crippen molar-refractivity contribution < 1.29 is 4.52 Å². The molecule has 1 aliphatic rings. The van der Waals surface area contributed by atoms with E-state index in [-0.39, 0.29) is 6.04 Å². The van der Waals surface area contributed by atoms with Gasteiger partial charge in [-0.15, -0.1) is 0 Å². The van der Waals surface area contributed by atoms with Gasteiger partial charge in [-0.25, -0.2) is 0 Å². The molecule has 1 aromatic heterocycles. The normalized spacial score (nSPS) is 15.9. The zero-order valence-electron chi connectivity index (χ0n) is 20.2. The molecule has 0 radical (unpaired) electrons. The number of nitrogens with one attached hydrogen (secondary N) is 1. The topological polar surface area (TPSA) is 54.2 Å². The van der Waals surface area contributed by atoms with Crippen LogP contribution in [-0.2, 0) is 13.0 Å². The fraction of sp³-hybridized carbons (Fsp3) is 0.207. The average molecular weight is 481 g/mol. The van der Waals surface area contributed by atoms with Crippen LogP contribution in [0.3, 0.4) is 0 Å². The van der Waals surface area contributed by atoms with Crippen molar-refractivity contribution in [2.24, 2.45) is 0 Å². The Hall–Kier alpha value is -3.77. The van der Waals surface area contributed by atoms with E-state index in [9.17, 15) is 0 Å². The van der Waals surface area contributed by atoms with Crippen LogP contribution in [0.15, 0.2) is 89.1 Å². The number of allylic oxidation sites excluding steroid dienone is 1. The molecular weight excluding hydrogens is 452 g/mol. The molecule has 0 aliphatic carbocycles. The molecule has 5 nitrogen and oxygen atoms in total. The van der Waals surface area contributed by atoms with E-state index in [4.69, 9.17) is 21.7 Å². The predicted molar refractivity (Wildman–Crippen MR) is 143 cm³/mol. The van der Waals surface area contributed by atoms with E-state index in [0.717, 1.165) is 28.8 Å². The molecule has 176 valence electrons. The van der Waals surface area contributed by atoms with E-state index in [0.29, 0.717) is 23.4 Å². The summed E-state index contributed by atoms with van der Waals surface area (Å²) in [6.07, 6.45) is 0.991. The van der Waals surface area contributed by atoms with E-state index >= 15 is 0 Å². The monoisotopic (exact) mass is 480 g/mol. The van der Waals surface area contributed by atoms with Gasteiger partial charge in [0.25, 0.3) is 5.89 Å². The van der Waals surface area contributed by atoms with E-state index in [1.165, 1.54) is 16.7 Å². The van der Waals surface area contributed by atoms with Gasteiger partial charge in [0.05, 0.1) is 11.6 Å². The van der Waals surface area contributed by atoms with Crippen LogP contribution in [0.2, 0.25) is 0 Å². The fourth-order valence-electron chi connectivity index (χ4n) is 4.48. The maximum atomic E-state index is 5.86. The minimum Gasteiger partial charge on any atom is -0.351 e. The smallest absolute Gasteiger partial charge is 0.258 e. The molecule has 35 heavy (non-hydrogen) atoms. The van der Waals surface area contributed by atoms with Gasteiger partial charge >= 0.3 is 0 Å². The first-order chi connectivity index (χ1) is 17.0. The predicted octanol–water partition coefficient (Wildman–Crippen LogP) is 6.47. The lowest BCUT2D eigenvalue weighted by Gasteiger charge is -2.37. The summed E-state index contributed by atoms with van der Waals surface area (Å²) >= 11 is 5.84. The van der Waals surface area contributed by atoms with Gasteiger partial charge in [-0.1, -0.05) is 96.5 Å². The molecule has 0 amide bonds. The molecule has 0 bridgehead atoms. The molecule has 0 fully saturated rings. The van der Waals surface area contributed by atoms with Crippen LogP contribution in [0.1, 0.15) is 48.0 Å². The third-order valence-electron chi connectivity index (χ3n) is 6.43. The maximum absolute atomic E-state index is 5.86. The molecule has 5 rings (SSSR count). The van der Waals surface area contributed by atoms with Crippen molar-refractivity contribution in [1.29, 1.82) is 0 Å². The third kappa shape index (κ3) is 4.75. The molecular formula is C29H28N4OS. The Morgan fingerprint density at radius 2 is 1.71 bits per heavy atom. The Labute approximate surface area is 211 Å². The quantitative estimate of drug-likeness (QED) is 0.319. The number of aromatic nitrogens is 2. The molecule has 4 aromatic rings. The van der Waals surface area contributed by atoms with E-state index in [2.05, 4.69) is 84.7 Å². The summed E-state index contributed by atoms with van der Waals surface area (Å²) in [5.41, 5.74) is 7.64. The van der Waals surface area contributed by atoms with Crippen molar-refractivity contribution in [1.82, 2.24) is 20.4 Å². The highest BCUT2D eigenvalue weighted by molar-refractivity contribution is 7.80. The van der Waals surface area contributed by atoms with Crippen LogP contribution < -0.4 is 5.32 Å². The number of nitrogens with zero attached hydrogens (tertiary/aromatic N) is 3. The van der Waals surface area contributed by atoms with Gasteiger partial charge in [-0.05, 0) is 49.2 Å². The summed E-state index contributed by atoms with van der Waals surface area (Å²) in [7, 11) is 0. The van der Waals surface area contributed by atoms with Crippen LogP contribution in [0, 0.1) is 6.92 Å². The summed E-state index contributed by atoms with van der Waals surface area (Å²) in [5, 5.41) is 8.53. The first-order valence-corrected chi connectivity index (χ1v) is 12.3. The highest BCUT2D eigenvalue weighted by atomic mass is 32.1. The number of thiocarbonyl (C=S) groups is 1. The van der Waals surface area contributed by atoms with Gasteiger partial charge in [0.15, 0.2) is 5.11 Å². The fourth-order valence-corrected chi connectivity index (χ4v) is 4.80. The van der Waals surface area contributed by atoms with Crippen molar-refractivity contribution in [2.45, 2.75) is 39.8 Å². The van der Waals surface area contributed by atoms with Gasteiger partial charge in [-0.2, -0.15) is 4.98 Å². The Bertz CT molecular complexity index is 1380. The molecule has 3 aromatic carbocycles. The minimum absolute atomic E-state index is 0.187. The third-order valence-corrected chi connectivity index (χ3v) is 6.77. The van der Waals surface area contributed by atoms with Crippen molar-refractivity contribution in [3.63, 3.8) is 0 Å². The molecule has 0 saturated heterocycles. The van der Waals surface area contributed by atoms with Crippen LogP contribution in [-0.4, -0.2) is 20.2 Å². The maximum Gasteiger partial charge on any atom is 0.258 e. The SMILES string of the molecule is CCc1ccc(-c2noc(C3=C(C)N(Cc4cccc(C)c4)C(=S)NC3c3ccccc3)n2)cc1. The first-order valence-electron chi connectivity index (χ1n) is 11.9. The summed E-state index contributed by atoms with van der Waals surface area (Å²) in [6, 6.07) is 26.8. The average Bonchev–Trinajstić information content (AvgIpc) is 3.36. The zero-order chi connectivity index (χ0) is 24.4. The molecule has 1 atom stereocenters. The number of aryl methyl sites for hydroxylation is 2. The summed E-state index contributed by atoms with van der Waals surface area (Å²) in [4.78, 5) is 6.93. The van der Waals surface area contributed by atoms with Gasteiger partial charge in [0.2, 0.25) is 5.82 Å². The second-order valence-electron chi connectivity index (χ2n) is 8.84. The van der Waals surface area contributed by atoms with Gasteiger partial charge < -0.3 is 14.7 Å². The number of hydrogen-bond acceptors (Lipinski definition) is 4. The lowest BCUT2D eigenvalue weighted by Crippen LogP contribution is -2.45. The van der Waals surface area contributed by atoms with E-state index in [1.54, 1.807) is 0 Å². The lowest BCUT2D eigenvalue weighted by molar-refractivity contribution is 0.396.